The number of hydrogen-bond acceptors (Lipinski definition) is 4. The van der Waals surface area contributed by atoms with Gasteiger partial charge in [-0.05, 0) is 19.1 Å². The Morgan fingerprint density at radius 1 is 1.32 bits per heavy atom. The number of pyridine rings is 1. The lowest BCUT2D eigenvalue weighted by Crippen LogP contribution is -2.55. The van der Waals surface area contributed by atoms with Crippen LogP contribution in [0.25, 0.3) is 0 Å². The summed E-state index contributed by atoms with van der Waals surface area (Å²) in [4.78, 5) is 27.0. The molecule has 1 N–H and O–H groups in total. The molecule has 19 heavy (non-hydrogen) atoms. The first kappa shape index (κ1) is 13.0. The van der Waals surface area contributed by atoms with Gasteiger partial charge in [0, 0.05) is 23.9 Å². The van der Waals surface area contributed by atoms with E-state index in [1.165, 1.54) is 18.5 Å². The standard InChI is InChI=1S/C14H14N2O3/c1-14(7-3-2-4-11(14)13(18)19)16-12(17)10-5-8-15-9-6-10/h2-9,11H,1H3,(H,16,17)(H,18,19)/p-1. The lowest BCUT2D eigenvalue weighted by molar-refractivity contribution is -0.311. The van der Waals surface area contributed by atoms with E-state index in [1.807, 2.05) is 0 Å². The van der Waals surface area contributed by atoms with Gasteiger partial charge in [-0.3, -0.25) is 9.78 Å². The van der Waals surface area contributed by atoms with E-state index in [0.717, 1.165) is 0 Å². The molecule has 1 amide bonds. The van der Waals surface area contributed by atoms with E-state index in [0.29, 0.717) is 5.56 Å². The van der Waals surface area contributed by atoms with Gasteiger partial charge in [0.2, 0.25) is 0 Å². The molecule has 2 unspecified atom stereocenters. The SMILES string of the molecule is CC1(NC(=O)c2ccncc2)C=CC=CC1C(=O)[O-]. The van der Waals surface area contributed by atoms with Crippen LogP contribution in [0.3, 0.4) is 0 Å². The molecule has 0 radical (unpaired) electrons. The minimum atomic E-state index is -1.22. The summed E-state index contributed by atoms with van der Waals surface area (Å²) in [5.41, 5.74) is -0.579. The highest BCUT2D eigenvalue weighted by atomic mass is 16.4. The van der Waals surface area contributed by atoms with E-state index in [4.69, 9.17) is 0 Å². The molecule has 1 heterocycles. The van der Waals surface area contributed by atoms with Crippen LogP contribution in [0.4, 0.5) is 0 Å². The molecule has 0 aromatic carbocycles. The highest BCUT2D eigenvalue weighted by Crippen LogP contribution is 2.24. The minimum absolute atomic E-state index is 0.351. The molecule has 0 saturated carbocycles. The molecule has 1 aliphatic rings. The first-order valence-corrected chi connectivity index (χ1v) is 5.82. The van der Waals surface area contributed by atoms with Crippen molar-refractivity contribution < 1.29 is 14.7 Å². The van der Waals surface area contributed by atoms with E-state index in [-0.39, 0.29) is 5.91 Å². The number of carbonyl (C=O) groups excluding carboxylic acids is 2. The molecule has 0 bridgehead atoms. The Hall–Kier alpha value is -2.43. The molecule has 1 aromatic heterocycles. The topological polar surface area (TPSA) is 82.1 Å². The number of aliphatic carboxylic acids is 1. The molecular weight excluding hydrogens is 244 g/mol. The van der Waals surface area contributed by atoms with Crippen molar-refractivity contribution in [2.75, 3.05) is 0 Å². The number of rotatable bonds is 3. The van der Waals surface area contributed by atoms with Crippen LogP contribution >= 0.6 is 0 Å². The maximum Gasteiger partial charge on any atom is 0.252 e. The molecule has 5 heteroatoms. The van der Waals surface area contributed by atoms with Crippen LogP contribution in [0, 0.1) is 5.92 Å². The first-order valence-electron chi connectivity index (χ1n) is 5.82. The van der Waals surface area contributed by atoms with Gasteiger partial charge >= 0.3 is 0 Å². The molecule has 0 aliphatic heterocycles. The van der Waals surface area contributed by atoms with Gasteiger partial charge in [-0.25, -0.2) is 0 Å². The van der Waals surface area contributed by atoms with Crippen LogP contribution in [0.2, 0.25) is 0 Å². The number of nitrogens with one attached hydrogen (secondary N) is 1. The van der Waals surface area contributed by atoms with Gasteiger partial charge in [-0.15, -0.1) is 0 Å². The van der Waals surface area contributed by atoms with E-state index < -0.39 is 17.4 Å². The van der Waals surface area contributed by atoms with Gasteiger partial charge in [0.15, 0.2) is 0 Å². The van der Waals surface area contributed by atoms with Gasteiger partial charge in [-0.1, -0.05) is 24.3 Å². The maximum absolute atomic E-state index is 12.1. The average molecular weight is 257 g/mol. The molecular formula is C14H13N2O3-. The lowest BCUT2D eigenvalue weighted by atomic mass is 9.82. The molecule has 2 rings (SSSR count). The summed E-state index contributed by atoms with van der Waals surface area (Å²) in [5, 5.41) is 13.8. The molecule has 98 valence electrons. The summed E-state index contributed by atoms with van der Waals surface area (Å²) < 4.78 is 0. The smallest absolute Gasteiger partial charge is 0.252 e. The molecule has 0 fully saturated rings. The summed E-state index contributed by atoms with van der Waals surface area (Å²) in [6.07, 6.45) is 9.48. The highest BCUT2D eigenvalue weighted by Gasteiger charge is 2.34. The first-order chi connectivity index (χ1) is 9.03. The Bertz CT molecular complexity index is 551. The van der Waals surface area contributed by atoms with Crippen LogP contribution < -0.4 is 10.4 Å². The summed E-state index contributed by atoms with van der Waals surface area (Å²) in [5.74, 6) is -2.47. The largest absolute Gasteiger partial charge is 0.549 e. The number of aromatic nitrogens is 1. The van der Waals surface area contributed by atoms with Crippen LogP contribution in [-0.4, -0.2) is 22.4 Å². The fraction of sp³-hybridized carbons (Fsp3) is 0.214. The van der Waals surface area contributed by atoms with E-state index in [2.05, 4.69) is 10.3 Å². The number of hydrogen-bond donors (Lipinski definition) is 1. The molecule has 1 aliphatic carbocycles. The van der Waals surface area contributed by atoms with Crippen molar-refractivity contribution in [2.45, 2.75) is 12.5 Å². The zero-order valence-corrected chi connectivity index (χ0v) is 10.4. The van der Waals surface area contributed by atoms with Gasteiger partial charge in [0.25, 0.3) is 5.91 Å². The third-order valence-corrected chi connectivity index (χ3v) is 3.08. The molecule has 2 atom stereocenters. The van der Waals surface area contributed by atoms with E-state index >= 15 is 0 Å². The summed E-state index contributed by atoms with van der Waals surface area (Å²) in [7, 11) is 0. The third-order valence-electron chi connectivity index (χ3n) is 3.08. The van der Waals surface area contributed by atoms with Crippen molar-refractivity contribution in [1.82, 2.24) is 10.3 Å². The van der Waals surface area contributed by atoms with Crippen LogP contribution in [-0.2, 0) is 4.79 Å². The number of nitrogens with zero attached hydrogens (tertiary/aromatic N) is 1. The van der Waals surface area contributed by atoms with E-state index in [1.54, 1.807) is 37.3 Å². The van der Waals surface area contributed by atoms with Gasteiger partial charge in [0.05, 0.1) is 11.5 Å². The molecule has 0 saturated heterocycles. The number of carboxylic acids is 1. The van der Waals surface area contributed by atoms with Crippen molar-refractivity contribution in [1.29, 1.82) is 0 Å². The second-order valence-electron chi connectivity index (χ2n) is 4.51. The normalized spacial score (nSPS) is 25.0. The minimum Gasteiger partial charge on any atom is -0.549 e. The highest BCUT2D eigenvalue weighted by molar-refractivity contribution is 5.95. The van der Waals surface area contributed by atoms with Crippen LogP contribution in [0.1, 0.15) is 17.3 Å². The fourth-order valence-electron chi connectivity index (χ4n) is 2.00. The average Bonchev–Trinajstić information content (AvgIpc) is 2.39. The number of amides is 1. The second-order valence-corrected chi connectivity index (χ2v) is 4.51. The van der Waals surface area contributed by atoms with Gasteiger partial charge in [0.1, 0.15) is 0 Å². The number of allylic oxidation sites excluding steroid dienone is 2. The number of carboxylic acid groups (broad SMARTS) is 1. The predicted molar refractivity (Wildman–Crippen MR) is 66.9 cm³/mol. The number of carbonyl (C=O) groups is 2. The summed E-state index contributed by atoms with van der Waals surface area (Å²) in [6, 6.07) is 3.13. The van der Waals surface area contributed by atoms with Crippen molar-refractivity contribution in [3.8, 4) is 0 Å². The van der Waals surface area contributed by atoms with Gasteiger partial charge in [-0.2, -0.15) is 0 Å². The Morgan fingerprint density at radius 2 is 2.00 bits per heavy atom. The zero-order valence-electron chi connectivity index (χ0n) is 10.4. The molecule has 1 aromatic rings. The lowest BCUT2D eigenvalue weighted by Gasteiger charge is -2.36. The Labute approximate surface area is 110 Å². The van der Waals surface area contributed by atoms with Crippen LogP contribution in [0.5, 0.6) is 0 Å². The summed E-state index contributed by atoms with van der Waals surface area (Å²) >= 11 is 0. The van der Waals surface area contributed by atoms with Crippen molar-refractivity contribution in [2.24, 2.45) is 5.92 Å². The van der Waals surface area contributed by atoms with Crippen LogP contribution in [0.15, 0.2) is 48.8 Å². The third kappa shape index (κ3) is 2.70. The summed E-state index contributed by atoms with van der Waals surface area (Å²) in [6.45, 7) is 1.65. The van der Waals surface area contributed by atoms with Crippen molar-refractivity contribution >= 4 is 11.9 Å². The maximum atomic E-state index is 12.1. The second kappa shape index (κ2) is 5.06. The Morgan fingerprint density at radius 3 is 2.63 bits per heavy atom. The molecule has 5 nitrogen and oxygen atoms in total. The van der Waals surface area contributed by atoms with Crippen molar-refractivity contribution in [3.05, 3.63) is 54.4 Å². The van der Waals surface area contributed by atoms with E-state index in [9.17, 15) is 14.7 Å². The Balaban J connectivity index is 2.21. The van der Waals surface area contributed by atoms with Gasteiger partial charge < -0.3 is 15.2 Å². The predicted octanol–water partition coefficient (Wildman–Crippen LogP) is 0.0622. The fourth-order valence-corrected chi connectivity index (χ4v) is 2.00. The zero-order chi connectivity index (χ0) is 13.9. The molecule has 0 spiro atoms. The monoisotopic (exact) mass is 257 g/mol. The van der Waals surface area contributed by atoms with Crippen molar-refractivity contribution in [3.63, 3.8) is 0 Å². The quantitative estimate of drug-likeness (QED) is 0.830. The Kier molecular flexibility index (Phi) is 3.46.